The summed E-state index contributed by atoms with van der Waals surface area (Å²) >= 11 is 0. The number of hydrogen-bond donors (Lipinski definition) is 2. The van der Waals surface area contributed by atoms with E-state index in [2.05, 4.69) is 10.1 Å². The van der Waals surface area contributed by atoms with Crippen LogP contribution in [0.1, 0.15) is 13.8 Å². The summed E-state index contributed by atoms with van der Waals surface area (Å²) in [5.74, 6) is -1.62. The average Bonchev–Trinajstić information content (AvgIpc) is 2.13. The molecule has 0 fully saturated rings. The number of hydrogen-bond acceptors (Lipinski definition) is 3. The van der Waals surface area contributed by atoms with Gasteiger partial charge in [-0.15, -0.1) is 0 Å². The van der Waals surface area contributed by atoms with Gasteiger partial charge >= 0.3 is 0 Å². The number of carbonyl (C=O) groups is 1. The van der Waals surface area contributed by atoms with Gasteiger partial charge in [-0.05, 0) is 19.4 Å². The van der Waals surface area contributed by atoms with Crippen LogP contribution in [0.3, 0.4) is 0 Å². The highest BCUT2D eigenvalue weighted by Crippen LogP contribution is 2.03. The molecule has 2 N–H and O–H groups in total. The lowest BCUT2D eigenvalue weighted by Crippen LogP contribution is -2.34. The van der Waals surface area contributed by atoms with Crippen molar-refractivity contribution in [2.45, 2.75) is 20.0 Å². The van der Waals surface area contributed by atoms with Gasteiger partial charge in [0.2, 0.25) is 0 Å². The number of methoxy groups -OCH3 is 1. The number of carbonyl (C=O) groups excluding carboxylic acids is 1. The van der Waals surface area contributed by atoms with Crippen LogP contribution in [0, 0.1) is 0 Å². The van der Waals surface area contributed by atoms with E-state index in [0.29, 0.717) is 5.57 Å². The van der Waals surface area contributed by atoms with Crippen molar-refractivity contribution in [2.75, 3.05) is 20.3 Å². The minimum absolute atomic E-state index is 0.0205. The molecule has 4 nitrogen and oxygen atoms in total. The lowest BCUT2D eigenvalue weighted by molar-refractivity contribution is -0.119. The van der Waals surface area contributed by atoms with Gasteiger partial charge in [-0.25, -0.2) is 4.39 Å². The molecule has 0 aromatic rings. The zero-order chi connectivity index (χ0) is 11.1. The normalized spacial score (nSPS) is 12.1. The number of halogens is 1. The molecule has 5 heteroatoms. The molecule has 0 spiro atoms. The maximum atomic E-state index is 12.9. The molecule has 0 aliphatic carbocycles. The first-order chi connectivity index (χ1) is 6.49. The summed E-state index contributed by atoms with van der Waals surface area (Å²) in [5, 5.41) is 11.4. The van der Waals surface area contributed by atoms with Gasteiger partial charge in [0.25, 0.3) is 5.91 Å². The molecule has 0 aromatic heterocycles. The van der Waals surface area contributed by atoms with Crippen LogP contribution in [0.5, 0.6) is 0 Å². The maximum absolute atomic E-state index is 12.9. The molecule has 0 aliphatic rings. The summed E-state index contributed by atoms with van der Waals surface area (Å²) in [5.41, 5.74) is 0.309. The standard InChI is InChI=1S/C9H16FNO3/c1-6(2)8(10)9(13)11-4-7(12)5-14-3/h7,12H,4-5H2,1-3H3,(H,11,13). The van der Waals surface area contributed by atoms with E-state index in [9.17, 15) is 9.18 Å². The average molecular weight is 205 g/mol. The summed E-state index contributed by atoms with van der Waals surface area (Å²) in [4.78, 5) is 11.0. The maximum Gasteiger partial charge on any atom is 0.280 e. The first kappa shape index (κ1) is 13.1. The Labute approximate surface area is 82.8 Å². The lowest BCUT2D eigenvalue weighted by atomic mass is 10.3. The van der Waals surface area contributed by atoms with Gasteiger partial charge in [0, 0.05) is 13.7 Å². The molecule has 0 rings (SSSR count). The zero-order valence-electron chi connectivity index (χ0n) is 8.63. The summed E-state index contributed by atoms with van der Waals surface area (Å²) in [6.07, 6.45) is -0.811. The first-order valence-electron chi connectivity index (χ1n) is 4.27. The van der Waals surface area contributed by atoms with Gasteiger partial charge in [-0.1, -0.05) is 0 Å². The molecule has 0 aromatic carbocycles. The smallest absolute Gasteiger partial charge is 0.280 e. The molecule has 0 saturated carbocycles. The van der Waals surface area contributed by atoms with Crippen LogP contribution in [0.15, 0.2) is 11.4 Å². The Morgan fingerprint density at radius 2 is 2.14 bits per heavy atom. The highest BCUT2D eigenvalue weighted by molar-refractivity contribution is 5.91. The molecule has 14 heavy (non-hydrogen) atoms. The lowest BCUT2D eigenvalue weighted by Gasteiger charge is -2.10. The Kier molecular flexibility index (Phi) is 6.07. The van der Waals surface area contributed by atoms with Crippen molar-refractivity contribution in [1.29, 1.82) is 0 Å². The number of aliphatic hydroxyl groups excluding tert-OH is 1. The van der Waals surface area contributed by atoms with Crippen LogP contribution in [-0.4, -0.2) is 37.4 Å². The topological polar surface area (TPSA) is 58.6 Å². The van der Waals surface area contributed by atoms with Gasteiger partial charge in [-0.3, -0.25) is 4.79 Å². The summed E-state index contributed by atoms with van der Waals surface area (Å²) in [6, 6.07) is 0. The first-order valence-corrected chi connectivity index (χ1v) is 4.27. The Morgan fingerprint density at radius 3 is 2.57 bits per heavy atom. The summed E-state index contributed by atoms with van der Waals surface area (Å²) in [7, 11) is 1.43. The van der Waals surface area contributed by atoms with E-state index in [1.54, 1.807) is 0 Å². The van der Waals surface area contributed by atoms with E-state index in [4.69, 9.17) is 5.11 Å². The number of ether oxygens (including phenoxy) is 1. The monoisotopic (exact) mass is 205 g/mol. The second-order valence-corrected chi connectivity index (χ2v) is 3.13. The van der Waals surface area contributed by atoms with E-state index in [-0.39, 0.29) is 13.2 Å². The number of nitrogens with one attached hydrogen (secondary N) is 1. The van der Waals surface area contributed by atoms with Gasteiger partial charge in [0.15, 0.2) is 5.83 Å². The Balaban J connectivity index is 3.92. The molecule has 1 amide bonds. The highest BCUT2D eigenvalue weighted by atomic mass is 19.1. The van der Waals surface area contributed by atoms with Gasteiger partial charge < -0.3 is 15.2 Å². The molecule has 1 atom stereocenters. The van der Waals surface area contributed by atoms with Crippen LogP contribution in [0.2, 0.25) is 0 Å². The second kappa shape index (κ2) is 6.50. The van der Waals surface area contributed by atoms with Crippen molar-refractivity contribution >= 4 is 5.91 Å². The number of rotatable bonds is 5. The minimum atomic E-state index is -0.811. The molecule has 1 unspecified atom stereocenters. The molecule has 0 bridgehead atoms. The van der Waals surface area contributed by atoms with Crippen molar-refractivity contribution < 1.29 is 19.0 Å². The predicted octanol–water partition coefficient (Wildman–Crippen LogP) is 0.373. The van der Waals surface area contributed by atoms with E-state index in [1.807, 2.05) is 0 Å². The van der Waals surface area contributed by atoms with Crippen molar-refractivity contribution in [3.05, 3.63) is 11.4 Å². The molecule has 0 aliphatic heterocycles. The third-order valence-corrected chi connectivity index (χ3v) is 1.50. The molecular formula is C9H16FNO3. The molecule has 0 saturated heterocycles. The van der Waals surface area contributed by atoms with Crippen molar-refractivity contribution in [3.8, 4) is 0 Å². The SMILES string of the molecule is COCC(O)CNC(=O)C(F)=C(C)C. The fraction of sp³-hybridized carbons (Fsp3) is 0.667. The Bertz CT molecular complexity index is 224. The highest BCUT2D eigenvalue weighted by Gasteiger charge is 2.11. The third-order valence-electron chi connectivity index (χ3n) is 1.50. The van der Waals surface area contributed by atoms with Crippen LogP contribution in [-0.2, 0) is 9.53 Å². The van der Waals surface area contributed by atoms with Crippen LogP contribution >= 0.6 is 0 Å². The fourth-order valence-corrected chi connectivity index (χ4v) is 0.766. The Hall–Kier alpha value is -0.940. The minimum Gasteiger partial charge on any atom is -0.389 e. The van der Waals surface area contributed by atoms with E-state index in [0.717, 1.165) is 0 Å². The number of allylic oxidation sites excluding steroid dienone is 1. The fourth-order valence-electron chi connectivity index (χ4n) is 0.766. The number of amides is 1. The molecule has 0 heterocycles. The van der Waals surface area contributed by atoms with E-state index < -0.39 is 17.8 Å². The van der Waals surface area contributed by atoms with Crippen LogP contribution in [0.25, 0.3) is 0 Å². The quantitative estimate of drug-likeness (QED) is 0.638. The Morgan fingerprint density at radius 1 is 1.57 bits per heavy atom. The van der Waals surface area contributed by atoms with Crippen LogP contribution < -0.4 is 5.32 Å². The third kappa shape index (κ3) is 4.94. The van der Waals surface area contributed by atoms with E-state index in [1.165, 1.54) is 21.0 Å². The van der Waals surface area contributed by atoms with Crippen molar-refractivity contribution in [2.24, 2.45) is 0 Å². The zero-order valence-corrected chi connectivity index (χ0v) is 8.63. The van der Waals surface area contributed by atoms with Crippen molar-refractivity contribution in [3.63, 3.8) is 0 Å². The van der Waals surface area contributed by atoms with Gasteiger partial charge in [0.1, 0.15) is 0 Å². The van der Waals surface area contributed by atoms with Gasteiger partial charge in [0.05, 0.1) is 12.7 Å². The second-order valence-electron chi connectivity index (χ2n) is 3.13. The largest absolute Gasteiger partial charge is 0.389 e. The number of aliphatic hydroxyl groups is 1. The predicted molar refractivity (Wildman–Crippen MR) is 50.4 cm³/mol. The molecular weight excluding hydrogens is 189 g/mol. The van der Waals surface area contributed by atoms with Crippen LogP contribution in [0.4, 0.5) is 4.39 Å². The summed E-state index contributed by atoms with van der Waals surface area (Å²) < 4.78 is 17.5. The summed E-state index contributed by atoms with van der Waals surface area (Å²) in [6.45, 7) is 3.09. The van der Waals surface area contributed by atoms with Gasteiger partial charge in [-0.2, -0.15) is 0 Å². The molecule has 0 radical (unpaired) electrons. The molecule has 82 valence electrons. The van der Waals surface area contributed by atoms with Crippen molar-refractivity contribution in [1.82, 2.24) is 5.32 Å². The van der Waals surface area contributed by atoms with E-state index >= 15 is 0 Å².